The summed E-state index contributed by atoms with van der Waals surface area (Å²) in [5.41, 5.74) is 3.38. The number of nitrogens with two attached hydrogens (primary N) is 2. The van der Waals surface area contributed by atoms with Crippen molar-refractivity contribution in [3.63, 3.8) is 0 Å². The van der Waals surface area contributed by atoms with Gasteiger partial charge in [-0.25, -0.2) is 25.9 Å². The van der Waals surface area contributed by atoms with Crippen molar-refractivity contribution in [3.05, 3.63) is 58.9 Å². The van der Waals surface area contributed by atoms with Crippen LogP contribution >= 0.6 is 0 Å². The highest BCUT2D eigenvalue weighted by atomic mass is 19.1. The van der Waals surface area contributed by atoms with Gasteiger partial charge in [-0.1, -0.05) is 17.3 Å². The second kappa shape index (κ2) is 9.10. The minimum absolute atomic E-state index is 0.0542. The molecule has 0 spiro atoms. The normalized spacial score (nSPS) is 13.7. The summed E-state index contributed by atoms with van der Waals surface area (Å²) in [6.07, 6.45) is 2.10. The zero-order chi connectivity index (χ0) is 21.8. The molecule has 160 valence electrons. The summed E-state index contributed by atoms with van der Waals surface area (Å²) in [6, 6.07) is 9.54. The summed E-state index contributed by atoms with van der Waals surface area (Å²) < 4.78 is 20.4. The zero-order valence-corrected chi connectivity index (χ0v) is 17.3. The van der Waals surface area contributed by atoms with Crippen molar-refractivity contribution in [2.45, 2.75) is 32.3 Å². The molecule has 2 amide bonds. The number of carbonyl (C=O) groups excluding carboxylic acids is 1. The molecule has 30 heavy (non-hydrogen) atoms. The van der Waals surface area contributed by atoms with Gasteiger partial charge >= 0.3 is 6.03 Å². The molecule has 8 nitrogen and oxygen atoms in total. The number of halogens is 1. The monoisotopic (exact) mass is 415 g/mol. The second-order valence-corrected chi connectivity index (χ2v) is 7.18. The molecule has 0 heterocycles. The molecular formula is C21H26FN5O3. The van der Waals surface area contributed by atoms with Crippen molar-refractivity contribution >= 4 is 17.4 Å². The van der Waals surface area contributed by atoms with Gasteiger partial charge < -0.3 is 9.57 Å². The Balaban J connectivity index is 1.87. The van der Waals surface area contributed by atoms with Gasteiger partial charge in [-0.2, -0.15) is 0 Å². The quantitative estimate of drug-likeness (QED) is 0.312. The van der Waals surface area contributed by atoms with Crippen LogP contribution in [0.25, 0.3) is 0 Å². The lowest BCUT2D eigenvalue weighted by Crippen LogP contribution is -2.49. The third kappa shape index (κ3) is 4.69. The molecule has 0 saturated heterocycles. The van der Waals surface area contributed by atoms with E-state index in [0.717, 1.165) is 34.0 Å². The first-order valence-electron chi connectivity index (χ1n) is 9.53. The van der Waals surface area contributed by atoms with Gasteiger partial charge in [0.25, 0.3) is 0 Å². The van der Waals surface area contributed by atoms with Crippen molar-refractivity contribution in [2.24, 2.45) is 16.8 Å². The van der Waals surface area contributed by atoms with Crippen LogP contribution in [0, 0.1) is 5.82 Å². The van der Waals surface area contributed by atoms with E-state index in [0.29, 0.717) is 22.9 Å². The standard InChI is InChI=1S/C21H26FN5O3/c1-13(25-29-3)15-9-10-20(18(22)11-15)30-12-17-16(14-7-8-14)5-4-6-19(17)27(24)21(28)26(2)23/h4-6,9-11,14H,7-8,12,23-24H2,1-3H3. The molecule has 1 aliphatic rings. The first-order valence-corrected chi connectivity index (χ1v) is 9.53. The fourth-order valence-electron chi connectivity index (χ4n) is 3.21. The number of carbonyl (C=O) groups is 1. The first-order chi connectivity index (χ1) is 14.3. The zero-order valence-electron chi connectivity index (χ0n) is 17.3. The number of benzene rings is 2. The van der Waals surface area contributed by atoms with Crippen molar-refractivity contribution in [1.29, 1.82) is 0 Å². The van der Waals surface area contributed by atoms with E-state index < -0.39 is 11.8 Å². The van der Waals surface area contributed by atoms with Crippen LogP contribution in [0.3, 0.4) is 0 Å². The van der Waals surface area contributed by atoms with Gasteiger partial charge in [0.15, 0.2) is 11.6 Å². The van der Waals surface area contributed by atoms with Crippen LogP contribution in [-0.4, -0.2) is 30.9 Å². The van der Waals surface area contributed by atoms with Gasteiger partial charge in [-0.3, -0.25) is 5.01 Å². The molecule has 1 saturated carbocycles. The van der Waals surface area contributed by atoms with Crippen molar-refractivity contribution in [1.82, 2.24) is 5.01 Å². The molecule has 4 N–H and O–H groups in total. The summed E-state index contributed by atoms with van der Waals surface area (Å²) in [4.78, 5) is 17.0. The molecule has 2 aromatic rings. The molecular weight excluding hydrogens is 389 g/mol. The maximum absolute atomic E-state index is 14.6. The fourth-order valence-corrected chi connectivity index (χ4v) is 3.21. The van der Waals surface area contributed by atoms with E-state index in [1.54, 1.807) is 19.1 Å². The number of urea groups is 1. The number of rotatable bonds is 7. The largest absolute Gasteiger partial charge is 0.486 e. The minimum atomic E-state index is -0.576. The van der Waals surface area contributed by atoms with E-state index in [9.17, 15) is 9.18 Å². The van der Waals surface area contributed by atoms with E-state index in [1.165, 1.54) is 26.3 Å². The van der Waals surface area contributed by atoms with Crippen LogP contribution in [0.1, 0.15) is 42.4 Å². The molecule has 1 aliphatic carbocycles. The van der Waals surface area contributed by atoms with Gasteiger partial charge in [0.2, 0.25) is 0 Å². The topological polar surface area (TPSA) is 106 Å². The number of anilines is 1. The molecule has 0 bridgehead atoms. The van der Waals surface area contributed by atoms with E-state index in [-0.39, 0.29) is 12.4 Å². The number of amides is 2. The predicted molar refractivity (Wildman–Crippen MR) is 112 cm³/mol. The van der Waals surface area contributed by atoms with Crippen molar-refractivity contribution < 1.29 is 18.8 Å². The van der Waals surface area contributed by atoms with E-state index in [4.69, 9.17) is 21.3 Å². The summed E-state index contributed by atoms with van der Waals surface area (Å²) in [5, 5.41) is 5.68. The predicted octanol–water partition coefficient (Wildman–Crippen LogP) is 3.26. The van der Waals surface area contributed by atoms with Crippen LogP contribution < -0.4 is 21.4 Å². The lowest BCUT2D eigenvalue weighted by atomic mass is 10.0. The Bertz CT molecular complexity index is 960. The van der Waals surface area contributed by atoms with Crippen molar-refractivity contribution in [2.75, 3.05) is 19.2 Å². The SMILES string of the molecule is CON=C(C)c1ccc(OCc2c(C3CC3)cccc2N(N)C(=O)N(C)N)c(F)c1. The first kappa shape index (κ1) is 21.5. The van der Waals surface area contributed by atoms with Gasteiger partial charge in [-0.05, 0) is 55.5 Å². The Labute approximate surface area is 174 Å². The highest BCUT2D eigenvalue weighted by Gasteiger charge is 2.29. The molecule has 0 radical (unpaired) electrons. The van der Waals surface area contributed by atoms with E-state index in [2.05, 4.69) is 5.16 Å². The lowest BCUT2D eigenvalue weighted by Gasteiger charge is -2.24. The van der Waals surface area contributed by atoms with Crippen LogP contribution in [0.15, 0.2) is 41.6 Å². The van der Waals surface area contributed by atoms with Gasteiger partial charge in [0, 0.05) is 18.2 Å². The Morgan fingerprint density at radius 1 is 1.27 bits per heavy atom. The molecule has 1 fully saturated rings. The number of nitrogens with zero attached hydrogens (tertiary/aromatic N) is 3. The van der Waals surface area contributed by atoms with Gasteiger partial charge in [0.05, 0.1) is 11.4 Å². The third-order valence-electron chi connectivity index (χ3n) is 4.92. The average molecular weight is 415 g/mol. The molecule has 0 atom stereocenters. The molecule has 2 aromatic carbocycles. The number of oxime groups is 1. The van der Waals surface area contributed by atoms with Gasteiger partial charge in [-0.15, -0.1) is 0 Å². The maximum atomic E-state index is 14.6. The van der Waals surface area contributed by atoms with Crippen LogP contribution in [0.4, 0.5) is 14.9 Å². The Kier molecular flexibility index (Phi) is 6.53. The lowest BCUT2D eigenvalue weighted by molar-refractivity contribution is 0.213. The summed E-state index contributed by atoms with van der Waals surface area (Å²) >= 11 is 0. The maximum Gasteiger partial charge on any atom is 0.352 e. The van der Waals surface area contributed by atoms with E-state index >= 15 is 0 Å². The van der Waals surface area contributed by atoms with Crippen LogP contribution in [0.5, 0.6) is 5.75 Å². The fraction of sp³-hybridized carbons (Fsp3) is 0.333. The Hall–Kier alpha value is -3.17. The average Bonchev–Trinajstić information content (AvgIpc) is 3.57. The van der Waals surface area contributed by atoms with Crippen molar-refractivity contribution in [3.8, 4) is 5.75 Å². The minimum Gasteiger partial charge on any atom is -0.486 e. The third-order valence-corrected chi connectivity index (χ3v) is 4.92. The molecule has 0 aromatic heterocycles. The Morgan fingerprint density at radius 3 is 2.60 bits per heavy atom. The van der Waals surface area contributed by atoms with Gasteiger partial charge in [0.1, 0.15) is 13.7 Å². The van der Waals surface area contributed by atoms with Crippen LogP contribution in [-0.2, 0) is 11.4 Å². The molecule has 3 rings (SSSR count). The summed E-state index contributed by atoms with van der Waals surface area (Å²) in [7, 11) is 2.84. The number of hydrogen-bond acceptors (Lipinski definition) is 6. The second-order valence-electron chi connectivity index (χ2n) is 7.18. The number of ether oxygens (including phenoxy) is 1. The van der Waals surface area contributed by atoms with Crippen LogP contribution in [0.2, 0.25) is 0 Å². The number of hydrazine groups is 2. The molecule has 0 aliphatic heterocycles. The molecule has 0 unspecified atom stereocenters. The smallest absolute Gasteiger partial charge is 0.352 e. The highest BCUT2D eigenvalue weighted by Crippen LogP contribution is 2.44. The number of hydrogen-bond donors (Lipinski definition) is 2. The summed E-state index contributed by atoms with van der Waals surface area (Å²) in [6.45, 7) is 1.77. The molecule has 9 heteroatoms. The highest BCUT2D eigenvalue weighted by molar-refractivity contribution is 5.98. The summed E-state index contributed by atoms with van der Waals surface area (Å²) in [5.74, 6) is 11.5. The Morgan fingerprint density at radius 2 is 2.00 bits per heavy atom. The van der Waals surface area contributed by atoms with E-state index in [1.807, 2.05) is 12.1 Å².